The molecule has 1 aromatic carbocycles. The first-order valence-corrected chi connectivity index (χ1v) is 4.82. The van der Waals surface area contributed by atoms with Gasteiger partial charge in [0.25, 0.3) is 0 Å². The van der Waals surface area contributed by atoms with Gasteiger partial charge < -0.3 is 14.0 Å². The Morgan fingerprint density at radius 3 is 3.00 bits per heavy atom. The van der Waals surface area contributed by atoms with E-state index in [1.54, 1.807) is 18.2 Å². The van der Waals surface area contributed by atoms with Crippen molar-refractivity contribution in [2.24, 2.45) is 4.40 Å². The molecule has 1 aliphatic rings. The molecule has 0 fully saturated rings. The number of fused-ring (bicyclic) bond motifs is 1. The van der Waals surface area contributed by atoms with Gasteiger partial charge in [0.15, 0.2) is 11.5 Å². The van der Waals surface area contributed by atoms with Crippen LogP contribution in [0.5, 0.6) is 11.5 Å². The molecule has 0 bridgehead atoms. The molecular formula is C9H9NO3S. The van der Waals surface area contributed by atoms with Crippen molar-refractivity contribution in [3.63, 3.8) is 0 Å². The Balaban J connectivity index is 2.20. The first-order valence-electron chi connectivity index (χ1n) is 4.53. The van der Waals surface area contributed by atoms with E-state index in [-0.39, 0.29) is 0 Å². The molecule has 0 saturated carbocycles. The molecule has 1 aromatic rings. The van der Waals surface area contributed by atoms with Crippen LogP contribution in [0, 0.1) is 0 Å². The van der Waals surface area contributed by atoms with Gasteiger partial charge in [-0.1, -0.05) is 4.40 Å². The van der Waals surface area contributed by atoms with Crippen LogP contribution in [0.15, 0.2) is 22.6 Å². The predicted octanol–water partition coefficient (Wildman–Crippen LogP) is 0.737. The van der Waals surface area contributed by atoms with Gasteiger partial charge in [-0.15, -0.1) is 0 Å². The third-order valence-electron chi connectivity index (χ3n) is 1.81. The van der Waals surface area contributed by atoms with E-state index in [1.807, 2.05) is 0 Å². The quantitative estimate of drug-likeness (QED) is 0.413. The van der Waals surface area contributed by atoms with Crippen LogP contribution in [0.25, 0.3) is 0 Å². The summed E-state index contributed by atoms with van der Waals surface area (Å²) in [5.74, 6) is 1.35. The van der Waals surface area contributed by atoms with Gasteiger partial charge >= 0.3 is 1.12 Å². The van der Waals surface area contributed by atoms with E-state index >= 15 is 0 Å². The lowest BCUT2D eigenvalue weighted by molar-refractivity contribution is 0.171. The SMILES string of the molecule is [3H][S@+]([O-])/N=C/c1ccc2c(c1)OCCO2. The Labute approximate surface area is 87.0 Å². The summed E-state index contributed by atoms with van der Waals surface area (Å²) in [7, 11) is 0. The maximum Gasteiger partial charge on any atom is 0.392 e. The second kappa shape index (κ2) is 4.34. The van der Waals surface area contributed by atoms with Crippen molar-refractivity contribution in [2.75, 3.05) is 13.2 Å². The average Bonchev–Trinajstić information content (AvgIpc) is 2.26. The van der Waals surface area contributed by atoms with Gasteiger partial charge in [0.1, 0.15) is 13.2 Å². The number of hydrogen-bond donors (Lipinski definition) is 0. The topological polar surface area (TPSA) is 53.9 Å². The van der Waals surface area contributed by atoms with Crippen LogP contribution < -0.4 is 9.47 Å². The van der Waals surface area contributed by atoms with Crippen molar-refractivity contribution in [3.05, 3.63) is 23.8 Å². The standard InChI is InChI=1S/C9H9NO3S/c11-14-10-6-7-1-2-8-9(5-7)13-4-3-12-8/h1-2,5-6,14H,3-4H2/b10-6+/i14T. The molecule has 0 amide bonds. The van der Waals surface area contributed by atoms with Crippen molar-refractivity contribution >= 4 is 18.3 Å². The summed E-state index contributed by atoms with van der Waals surface area (Å²) in [6.07, 6.45) is 1.38. The van der Waals surface area contributed by atoms with Gasteiger partial charge in [0.05, 0.1) is 18.3 Å². The van der Waals surface area contributed by atoms with Crippen LogP contribution >= 0.6 is 0 Å². The molecule has 1 atom stereocenters. The normalized spacial score (nSPS) is 17.9. The van der Waals surface area contributed by atoms with E-state index in [0.717, 1.165) is 5.56 Å². The fourth-order valence-corrected chi connectivity index (χ4v) is 1.39. The minimum absolute atomic E-state index is 0.526. The summed E-state index contributed by atoms with van der Waals surface area (Å²) in [5.41, 5.74) is 0.736. The van der Waals surface area contributed by atoms with E-state index in [0.29, 0.717) is 24.7 Å². The monoisotopic (exact) mass is 213 g/mol. The third kappa shape index (κ3) is 2.00. The molecule has 0 radical (unpaired) electrons. The zero-order valence-corrected chi connectivity index (χ0v) is 8.12. The first kappa shape index (κ1) is 8.14. The number of hydrogen-bond acceptors (Lipinski definition) is 4. The highest BCUT2D eigenvalue weighted by Crippen LogP contribution is 2.30. The second-order valence-corrected chi connectivity index (χ2v) is 3.07. The van der Waals surface area contributed by atoms with Crippen molar-refractivity contribution < 1.29 is 14.0 Å². The Kier molecular flexibility index (Phi) is 2.52. The molecule has 74 valence electrons. The van der Waals surface area contributed by atoms with Crippen molar-refractivity contribution in [3.8, 4) is 11.5 Å². The van der Waals surface area contributed by atoms with E-state index in [9.17, 15) is 4.55 Å². The molecule has 0 unspecified atom stereocenters. The van der Waals surface area contributed by atoms with Gasteiger partial charge in [-0.3, -0.25) is 0 Å². The average molecular weight is 213 g/mol. The first-order chi connectivity index (χ1) is 7.25. The third-order valence-corrected chi connectivity index (χ3v) is 2.00. The van der Waals surface area contributed by atoms with E-state index in [4.69, 9.17) is 10.6 Å². The van der Waals surface area contributed by atoms with Crippen molar-refractivity contribution in [1.29, 1.82) is 1.12 Å². The minimum atomic E-state index is -1.92. The molecule has 0 saturated heterocycles. The van der Waals surface area contributed by atoms with Gasteiger partial charge in [0.2, 0.25) is 0 Å². The predicted molar refractivity (Wildman–Crippen MR) is 54.6 cm³/mol. The zero-order chi connectivity index (χ0) is 10.7. The van der Waals surface area contributed by atoms with Crippen LogP contribution in [0.4, 0.5) is 0 Å². The van der Waals surface area contributed by atoms with Crippen molar-refractivity contribution in [1.82, 2.24) is 0 Å². The van der Waals surface area contributed by atoms with Crippen LogP contribution in [0.3, 0.4) is 0 Å². The Morgan fingerprint density at radius 1 is 1.43 bits per heavy atom. The largest absolute Gasteiger partial charge is 0.593 e. The molecular weight excluding hydrogens is 202 g/mol. The molecule has 2 rings (SSSR count). The Morgan fingerprint density at radius 2 is 2.21 bits per heavy atom. The van der Waals surface area contributed by atoms with Crippen LogP contribution in [-0.4, -0.2) is 25.1 Å². The highest BCUT2D eigenvalue weighted by molar-refractivity contribution is 7.71. The Bertz CT molecular complexity index is 384. The molecule has 1 heterocycles. The fourth-order valence-electron chi connectivity index (χ4n) is 1.22. The number of benzene rings is 1. The molecule has 1 aliphatic heterocycles. The van der Waals surface area contributed by atoms with Gasteiger partial charge in [-0.25, -0.2) is 0 Å². The molecule has 0 aliphatic carbocycles. The second-order valence-electron chi connectivity index (χ2n) is 2.71. The molecule has 0 aromatic heterocycles. The maximum atomic E-state index is 10.4. The number of rotatable bonds is 2. The summed E-state index contributed by atoms with van der Waals surface area (Å²) in [6.45, 7) is 1.08. The van der Waals surface area contributed by atoms with Gasteiger partial charge in [0, 0.05) is 5.56 Å². The Hall–Kier alpha value is -1.20. The number of nitrogens with zero attached hydrogens (tertiary/aromatic N) is 1. The molecule has 14 heavy (non-hydrogen) atoms. The van der Waals surface area contributed by atoms with Gasteiger partial charge in [-0.2, -0.15) is 0 Å². The summed E-state index contributed by atoms with van der Waals surface area (Å²) in [4.78, 5) is 0. The van der Waals surface area contributed by atoms with Gasteiger partial charge in [-0.05, 0) is 18.2 Å². The van der Waals surface area contributed by atoms with E-state index in [1.165, 1.54) is 6.21 Å². The summed E-state index contributed by atoms with van der Waals surface area (Å²) >= 11 is -1.92. The summed E-state index contributed by atoms with van der Waals surface area (Å²) in [5, 5.41) is 0. The lowest BCUT2D eigenvalue weighted by Crippen LogP contribution is -2.15. The summed E-state index contributed by atoms with van der Waals surface area (Å²) < 4.78 is 31.3. The highest BCUT2D eigenvalue weighted by atomic mass is 32.2. The van der Waals surface area contributed by atoms with Crippen LogP contribution in [-0.2, 0) is 12.1 Å². The molecule has 0 spiro atoms. The van der Waals surface area contributed by atoms with Crippen molar-refractivity contribution in [2.45, 2.75) is 0 Å². The lowest BCUT2D eigenvalue weighted by atomic mass is 10.2. The number of thiol groups is 1. The zero-order valence-electron chi connectivity index (χ0n) is 8.30. The van der Waals surface area contributed by atoms with E-state index in [2.05, 4.69) is 4.40 Å². The number of ether oxygens (including phenoxy) is 2. The lowest BCUT2D eigenvalue weighted by Gasteiger charge is -2.18. The fraction of sp³-hybridized carbons (Fsp3) is 0.222. The van der Waals surface area contributed by atoms with Crippen LogP contribution in [0.2, 0.25) is 0 Å². The minimum Gasteiger partial charge on any atom is -0.593 e. The molecule has 0 N–H and O–H groups in total. The van der Waals surface area contributed by atoms with Crippen LogP contribution in [0.1, 0.15) is 5.56 Å². The molecule has 4 nitrogen and oxygen atoms in total. The highest BCUT2D eigenvalue weighted by Gasteiger charge is 2.10. The summed E-state index contributed by atoms with van der Waals surface area (Å²) in [6, 6.07) is 5.28. The van der Waals surface area contributed by atoms with E-state index < -0.39 is 12.1 Å². The maximum absolute atomic E-state index is 10.4. The molecule has 5 heteroatoms. The smallest absolute Gasteiger partial charge is 0.392 e.